The Balaban J connectivity index is 1.88. The van der Waals surface area contributed by atoms with Gasteiger partial charge in [-0.05, 0) is 36.2 Å². The van der Waals surface area contributed by atoms with Gasteiger partial charge in [-0.25, -0.2) is 0 Å². The van der Waals surface area contributed by atoms with Gasteiger partial charge in [0.1, 0.15) is 5.75 Å². The first-order valence-electron chi connectivity index (χ1n) is 6.52. The molecule has 2 aromatic carbocycles. The predicted molar refractivity (Wildman–Crippen MR) is 82.9 cm³/mol. The van der Waals surface area contributed by atoms with Crippen molar-refractivity contribution < 1.29 is 9.90 Å². The summed E-state index contributed by atoms with van der Waals surface area (Å²) >= 11 is 11.9. The molecule has 0 spiro atoms. The van der Waals surface area contributed by atoms with Crippen LogP contribution in [0.3, 0.4) is 0 Å². The fourth-order valence-corrected chi connectivity index (χ4v) is 2.93. The summed E-state index contributed by atoms with van der Waals surface area (Å²) in [6, 6.07) is 8.78. The average molecular weight is 322 g/mol. The number of fused-ring (bicyclic) bond motifs is 1. The van der Waals surface area contributed by atoms with Crippen molar-refractivity contribution in [2.75, 3.05) is 0 Å². The Labute approximate surface area is 132 Å². The van der Waals surface area contributed by atoms with Crippen molar-refractivity contribution in [1.82, 2.24) is 4.90 Å². The number of hydrogen-bond acceptors (Lipinski definition) is 2. The number of hydrogen-bond donors (Lipinski definition) is 1. The molecule has 3 rings (SSSR count). The quantitative estimate of drug-likeness (QED) is 0.902. The molecule has 0 atom stereocenters. The largest absolute Gasteiger partial charge is 0.508 e. The van der Waals surface area contributed by atoms with E-state index >= 15 is 0 Å². The smallest absolute Gasteiger partial charge is 0.255 e. The van der Waals surface area contributed by atoms with Crippen molar-refractivity contribution in [3.8, 4) is 5.75 Å². The van der Waals surface area contributed by atoms with E-state index in [1.165, 1.54) is 0 Å². The lowest BCUT2D eigenvalue weighted by Gasteiger charge is -2.16. The summed E-state index contributed by atoms with van der Waals surface area (Å²) in [5.41, 5.74) is 3.10. The minimum atomic E-state index is -0.0653. The average Bonchev–Trinajstić information content (AvgIpc) is 2.76. The molecule has 21 heavy (non-hydrogen) atoms. The summed E-state index contributed by atoms with van der Waals surface area (Å²) in [6.07, 6.45) is 0. The van der Waals surface area contributed by atoms with Crippen LogP contribution < -0.4 is 0 Å². The number of aromatic hydroxyl groups is 1. The van der Waals surface area contributed by atoms with E-state index in [0.29, 0.717) is 34.3 Å². The van der Waals surface area contributed by atoms with Crippen LogP contribution >= 0.6 is 23.2 Å². The molecule has 3 nitrogen and oxygen atoms in total. The molecule has 0 radical (unpaired) electrons. The zero-order valence-electron chi connectivity index (χ0n) is 11.4. The monoisotopic (exact) mass is 321 g/mol. The van der Waals surface area contributed by atoms with Crippen LogP contribution in [0, 0.1) is 6.92 Å². The molecule has 1 aliphatic heterocycles. The number of amides is 1. The van der Waals surface area contributed by atoms with Gasteiger partial charge < -0.3 is 10.0 Å². The van der Waals surface area contributed by atoms with E-state index in [0.717, 1.165) is 11.1 Å². The number of halogens is 2. The van der Waals surface area contributed by atoms with Gasteiger partial charge in [-0.1, -0.05) is 35.3 Å². The van der Waals surface area contributed by atoms with Crippen molar-refractivity contribution in [2.24, 2.45) is 0 Å². The molecule has 1 amide bonds. The maximum atomic E-state index is 12.5. The van der Waals surface area contributed by atoms with Gasteiger partial charge in [0.2, 0.25) is 0 Å². The molecule has 0 fully saturated rings. The van der Waals surface area contributed by atoms with Crippen LogP contribution in [0.4, 0.5) is 0 Å². The Hall–Kier alpha value is -1.71. The Morgan fingerprint density at radius 3 is 2.67 bits per heavy atom. The number of carbonyl (C=O) groups is 1. The standard InChI is InChI=1S/C16H13Cl2NO2/c1-9-14(20)5-3-11-8-19(16(21)15(9)11)7-10-2-4-12(17)13(18)6-10/h2-6,20H,7-8H2,1H3. The van der Waals surface area contributed by atoms with Crippen molar-refractivity contribution in [2.45, 2.75) is 20.0 Å². The first-order valence-corrected chi connectivity index (χ1v) is 7.27. The van der Waals surface area contributed by atoms with Gasteiger partial charge in [-0.3, -0.25) is 4.79 Å². The van der Waals surface area contributed by atoms with Gasteiger partial charge in [0.15, 0.2) is 0 Å². The highest BCUT2D eigenvalue weighted by Gasteiger charge is 2.29. The van der Waals surface area contributed by atoms with Gasteiger partial charge in [-0.2, -0.15) is 0 Å². The summed E-state index contributed by atoms with van der Waals surface area (Å²) in [5.74, 6) is 0.0861. The summed E-state index contributed by atoms with van der Waals surface area (Å²) in [5, 5.41) is 10.7. The van der Waals surface area contributed by atoms with Crippen molar-refractivity contribution in [3.63, 3.8) is 0 Å². The topological polar surface area (TPSA) is 40.5 Å². The highest BCUT2D eigenvalue weighted by atomic mass is 35.5. The predicted octanol–water partition coefficient (Wildman–Crippen LogP) is 4.16. The Morgan fingerprint density at radius 1 is 1.19 bits per heavy atom. The third kappa shape index (κ3) is 2.47. The number of carbonyl (C=O) groups excluding carboxylic acids is 1. The molecule has 0 unspecified atom stereocenters. The van der Waals surface area contributed by atoms with Crippen molar-refractivity contribution in [1.29, 1.82) is 0 Å². The number of phenolic OH excluding ortho intramolecular Hbond substituents is 1. The first kappa shape index (κ1) is 14.2. The molecule has 1 N–H and O–H groups in total. The second kappa shape index (κ2) is 5.24. The normalized spacial score (nSPS) is 13.7. The lowest BCUT2D eigenvalue weighted by Crippen LogP contribution is -2.23. The van der Waals surface area contributed by atoms with Crippen LogP contribution in [0.2, 0.25) is 10.0 Å². The number of nitrogens with zero attached hydrogens (tertiary/aromatic N) is 1. The van der Waals surface area contributed by atoms with Crippen molar-refractivity contribution in [3.05, 3.63) is 62.6 Å². The molecule has 0 aromatic heterocycles. The third-order valence-electron chi connectivity index (χ3n) is 3.74. The van der Waals surface area contributed by atoms with Gasteiger partial charge in [0, 0.05) is 18.7 Å². The molecular weight excluding hydrogens is 309 g/mol. The third-order valence-corrected chi connectivity index (χ3v) is 4.48. The van der Waals surface area contributed by atoms with Crippen LogP contribution in [0.5, 0.6) is 5.75 Å². The van der Waals surface area contributed by atoms with E-state index in [9.17, 15) is 9.90 Å². The van der Waals surface area contributed by atoms with E-state index in [1.807, 2.05) is 6.07 Å². The molecule has 2 aromatic rings. The summed E-state index contributed by atoms with van der Waals surface area (Å²) in [4.78, 5) is 14.2. The SMILES string of the molecule is Cc1c(O)ccc2c1C(=O)N(Cc1ccc(Cl)c(Cl)c1)C2. The Kier molecular flexibility index (Phi) is 3.56. The summed E-state index contributed by atoms with van der Waals surface area (Å²) in [6.45, 7) is 2.76. The van der Waals surface area contributed by atoms with E-state index < -0.39 is 0 Å². The van der Waals surface area contributed by atoms with Gasteiger partial charge in [0.25, 0.3) is 5.91 Å². The minimum absolute atomic E-state index is 0.0653. The number of phenols is 1. The van der Waals surface area contributed by atoms with Crippen LogP contribution in [-0.4, -0.2) is 15.9 Å². The number of rotatable bonds is 2. The molecule has 0 bridgehead atoms. The number of benzene rings is 2. The summed E-state index contributed by atoms with van der Waals surface area (Å²) < 4.78 is 0. The lowest BCUT2D eigenvalue weighted by atomic mass is 10.0. The molecule has 1 heterocycles. The molecule has 0 saturated heterocycles. The minimum Gasteiger partial charge on any atom is -0.508 e. The molecule has 0 aliphatic carbocycles. The highest BCUT2D eigenvalue weighted by Crippen LogP contribution is 2.32. The maximum absolute atomic E-state index is 12.5. The Morgan fingerprint density at radius 2 is 1.95 bits per heavy atom. The van der Waals surface area contributed by atoms with Crippen LogP contribution in [0.25, 0.3) is 0 Å². The van der Waals surface area contributed by atoms with Gasteiger partial charge in [0.05, 0.1) is 15.6 Å². The van der Waals surface area contributed by atoms with Crippen LogP contribution in [0.15, 0.2) is 30.3 Å². The molecule has 108 valence electrons. The highest BCUT2D eigenvalue weighted by molar-refractivity contribution is 6.42. The van der Waals surface area contributed by atoms with E-state index in [-0.39, 0.29) is 11.7 Å². The fraction of sp³-hybridized carbons (Fsp3) is 0.188. The second-order valence-electron chi connectivity index (χ2n) is 5.15. The van der Waals surface area contributed by atoms with E-state index in [2.05, 4.69) is 0 Å². The summed E-state index contributed by atoms with van der Waals surface area (Å²) in [7, 11) is 0. The van der Waals surface area contributed by atoms with Crippen LogP contribution in [-0.2, 0) is 13.1 Å². The maximum Gasteiger partial charge on any atom is 0.255 e. The van der Waals surface area contributed by atoms with Crippen molar-refractivity contribution >= 4 is 29.1 Å². The van der Waals surface area contributed by atoms with Gasteiger partial charge in [-0.15, -0.1) is 0 Å². The van der Waals surface area contributed by atoms with E-state index in [4.69, 9.17) is 23.2 Å². The molecular formula is C16H13Cl2NO2. The lowest BCUT2D eigenvalue weighted by molar-refractivity contribution is 0.0766. The van der Waals surface area contributed by atoms with E-state index in [1.54, 1.807) is 36.1 Å². The fourth-order valence-electron chi connectivity index (χ4n) is 2.61. The molecule has 1 aliphatic rings. The zero-order chi connectivity index (χ0) is 15.1. The zero-order valence-corrected chi connectivity index (χ0v) is 12.9. The first-order chi connectivity index (χ1) is 9.97. The van der Waals surface area contributed by atoms with Gasteiger partial charge >= 0.3 is 0 Å². The van der Waals surface area contributed by atoms with Crippen LogP contribution in [0.1, 0.15) is 27.0 Å². The second-order valence-corrected chi connectivity index (χ2v) is 5.97. The Bertz CT molecular complexity index is 743. The molecule has 0 saturated carbocycles. The molecule has 5 heteroatoms.